The molecule has 2 aliphatic heterocycles. The highest BCUT2D eigenvalue weighted by Crippen LogP contribution is 2.26. The van der Waals surface area contributed by atoms with E-state index in [1.165, 1.54) is 16.1 Å². The highest BCUT2D eigenvalue weighted by atomic mass is 16.4. The first-order valence-corrected chi connectivity index (χ1v) is 9.54. The second-order valence-electron chi connectivity index (χ2n) is 7.30. The lowest BCUT2D eigenvalue weighted by Gasteiger charge is -2.34. The molecule has 0 radical (unpaired) electrons. The number of imidazole rings is 1. The van der Waals surface area contributed by atoms with Crippen LogP contribution in [-0.4, -0.2) is 69.8 Å². The van der Waals surface area contributed by atoms with Crippen molar-refractivity contribution < 1.29 is 9.90 Å². The minimum absolute atomic E-state index is 0.551. The van der Waals surface area contributed by atoms with Crippen LogP contribution in [0.3, 0.4) is 0 Å². The van der Waals surface area contributed by atoms with Gasteiger partial charge in [0.1, 0.15) is 5.82 Å². The molecular weight excluding hydrogens is 342 g/mol. The normalized spacial score (nSPS) is 19.6. The molecule has 1 fully saturated rings. The molecule has 7 heteroatoms. The van der Waals surface area contributed by atoms with E-state index in [1.54, 1.807) is 0 Å². The van der Waals surface area contributed by atoms with Gasteiger partial charge in [-0.15, -0.1) is 0 Å². The number of anilines is 1. The summed E-state index contributed by atoms with van der Waals surface area (Å²) in [5, 5.41) is 9.13. The Morgan fingerprint density at radius 1 is 1.00 bits per heavy atom. The summed E-state index contributed by atoms with van der Waals surface area (Å²) in [6, 6.07) is 6.44. The van der Waals surface area contributed by atoms with E-state index in [-0.39, 0.29) is 0 Å². The average molecular weight is 365 g/mol. The van der Waals surface area contributed by atoms with Gasteiger partial charge in [-0.3, -0.25) is 0 Å². The highest BCUT2D eigenvalue weighted by molar-refractivity contribution is 5.81. The van der Waals surface area contributed by atoms with E-state index in [9.17, 15) is 4.79 Å². The van der Waals surface area contributed by atoms with Gasteiger partial charge in [-0.2, -0.15) is 0 Å². The monoisotopic (exact) mass is 365 g/mol. The molecule has 0 unspecified atom stereocenters. The Bertz CT molecular complexity index is 953. The summed E-state index contributed by atoms with van der Waals surface area (Å²) in [5.74, 6) is 1.16. The van der Waals surface area contributed by atoms with E-state index >= 15 is 0 Å². The molecule has 1 N–H and O–H groups in total. The maximum Gasteiger partial charge on any atom is 0.407 e. The maximum absolute atomic E-state index is 11.1. The Balaban J connectivity index is 1.38. The van der Waals surface area contributed by atoms with Crippen LogP contribution in [0.15, 0.2) is 42.1 Å². The number of hydrogen-bond acceptors (Lipinski definition) is 4. The molecule has 3 heterocycles. The fraction of sp³-hybridized carbons (Fsp3) is 0.400. The number of amides is 1. The van der Waals surface area contributed by atoms with Crippen molar-refractivity contribution in [2.75, 3.05) is 44.2 Å². The van der Waals surface area contributed by atoms with Gasteiger partial charge >= 0.3 is 6.09 Å². The van der Waals surface area contributed by atoms with Crippen molar-refractivity contribution in [1.29, 1.82) is 0 Å². The Hall–Kier alpha value is -2.96. The number of carboxylic acid groups (broad SMARTS) is 1. The molecule has 140 valence electrons. The summed E-state index contributed by atoms with van der Waals surface area (Å²) in [7, 11) is 0. The van der Waals surface area contributed by atoms with Crippen LogP contribution in [0.5, 0.6) is 0 Å². The van der Waals surface area contributed by atoms with E-state index in [4.69, 9.17) is 10.1 Å². The summed E-state index contributed by atoms with van der Waals surface area (Å²) in [6.07, 6.45) is 6.55. The van der Waals surface area contributed by atoms with Gasteiger partial charge in [-0.05, 0) is 30.4 Å². The van der Waals surface area contributed by atoms with Crippen LogP contribution in [0.4, 0.5) is 10.5 Å². The summed E-state index contributed by atoms with van der Waals surface area (Å²) in [6.45, 7) is 5.50. The predicted octanol–water partition coefficient (Wildman–Crippen LogP) is 2.15. The van der Waals surface area contributed by atoms with E-state index in [1.807, 2.05) is 0 Å². The summed E-state index contributed by atoms with van der Waals surface area (Å²) in [5.41, 5.74) is 4.71. The largest absolute Gasteiger partial charge is 0.465 e. The molecule has 0 spiro atoms. The molecule has 1 aromatic carbocycles. The number of allylic oxidation sites excluding steroid dienone is 3. The van der Waals surface area contributed by atoms with Crippen molar-refractivity contribution in [1.82, 2.24) is 19.4 Å². The van der Waals surface area contributed by atoms with Crippen molar-refractivity contribution in [3.8, 4) is 0 Å². The number of aromatic nitrogens is 2. The van der Waals surface area contributed by atoms with Crippen LogP contribution in [0, 0.1) is 0 Å². The molecular formula is C20H23N5O2. The Labute approximate surface area is 157 Å². The first-order valence-electron chi connectivity index (χ1n) is 9.54. The standard InChI is InChI=1S/C20H23N5O2/c26-20(27)24-10-8-23(9-11-24)16-4-5-17-18(14-16)25-13-12-22(15-2-1-3-15)7-6-19(25)21-17/h1-5,14H,6-13H2,(H,26,27). The second kappa shape index (κ2) is 6.33. The summed E-state index contributed by atoms with van der Waals surface area (Å²) < 4.78 is 2.36. The van der Waals surface area contributed by atoms with Crippen LogP contribution in [0.1, 0.15) is 5.82 Å². The molecule has 27 heavy (non-hydrogen) atoms. The number of fused-ring (bicyclic) bond motifs is 3. The lowest BCUT2D eigenvalue weighted by atomic mass is 10.2. The van der Waals surface area contributed by atoms with E-state index in [2.05, 4.69) is 50.8 Å². The molecule has 2 aromatic rings. The minimum Gasteiger partial charge on any atom is -0.465 e. The maximum atomic E-state index is 11.1. The number of piperazine rings is 1. The van der Waals surface area contributed by atoms with Gasteiger partial charge in [0.05, 0.1) is 11.0 Å². The van der Waals surface area contributed by atoms with Gasteiger partial charge in [0.2, 0.25) is 0 Å². The zero-order chi connectivity index (χ0) is 18.4. The predicted molar refractivity (Wildman–Crippen MR) is 104 cm³/mol. The smallest absolute Gasteiger partial charge is 0.407 e. The van der Waals surface area contributed by atoms with Crippen molar-refractivity contribution in [2.24, 2.45) is 0 Å². The van der Waals surface area contributed by atoms with Crippen LogP contribution >= 0.6 is 0 Å². The third kappa shape index (κ3) is 2.83. The summed E-state index contributed by atoms with van der Waals surface area (Å²) >= 11 is 0. The molecule has 1 aromatic heterocycles. The Morgan fingerprint density at radius 3 is 2.48 bits per heavy atom. The van der Waals surface area contributed by atoms with Gasteiger partial charge in [0, 0.05) is 63.6 Å². The zero-order valence-electron chi connectivity index (χ0n) is 15.2. The number of hydrogen-bond donors (Lipinski definition) is 1. The lowest BCUT2D eigenvalue weighted by molar-refractivity contribution is 0.142. The first kappa shape index (κ1) is 16.2. The lowest BCUT2D eigenvalue weighted by Crippen LogP contribution is -2.48. The fourth-order valence-electron chi connectivity index (χ4n) is 4.17. The van der Waals surface area contributed by atoms with Gasteiger partial charge in [-0.1, -0.05) is 6.08 Å². The second-order valence-corrected chi connectivity index (χ2v) is 7.30. The zero-order valence-corrected chi connectivity index (χ0v) is 15.2. The van der Waals surface area contributed by atoms with Crippen molar-refractivity contribution in [2.45, 2.75) is 13.0 Å². The molecule has 0 saturated carbocycles. The number of carbonyl (C=O) groups is 1. The molecule has 1 aliphatic carbocycles. The summed E-state index contributed by atoms with van der Waals surface area (Å²) in [4.78, 5) is 22.2. The van der Waals surface area contributed by atoms with Crippen LogP contribution in [0.2, 0.25) is 0 Å². The van der Waals surface area contributed by atoms with Crippen LogP contribution < -0.4 is 4.90 Å². The molecule has 7 nitrogen and oxygen atoms in total. The average Bonchev–Trinajstić information content (AvgIpc) is 2.86. The molecule has 0 atom stereocenters. The fourth-order valence-corrected chi connectivity index (χ4v) is 4.17. The van der Waals surface area contributed by atoms with Crippen molar-refractivity contribution in [3.63, 3.8) is 0 Å². The third-order valence-electron chi connectivity index (χ3n) is 5.82. The number of rotatable bonds is 2. The SMILES string of the molecule is O=C(O)N1CCN(c2ccc3nc4n(c3c2)CCN(C2=CC=C2)CC4)CC1. The van der Waals surface area contributed by atoms with Gasteiger partial charge in [-0.25, -0.2) is 9.78 Å². The molecule has 3 aliphatic rings. The Morgan fingerprint density at radius 2 is 1.78 bits per heavy atom. The number of benzene rings is 1. The van der Waals surface area contributed by atoms with Gasteiger partial charge < -0.3 is 24.4 Å². The van der Waals surface area contributed by atoms with Crippen LogP contribution in [0.25, 0.3) is 11.0 Å². The van der Waals surface area contributed by atoms with E-state index in [0.717, 1.165) is 56.2 Å². The molecule has 1 amide bonds. The molecule has 0 bridgehead atoms. The van der Waals surface area contributed by atoms with E-state index < -0.39 is 6.09 Å². The van der Waals surface area contributed by atoms with Gasteiger partial charge in [0.25, 0.3) is 0 Å². The molecule has 1 saturated heterocycles. The topological polar surface area (TPSA) is 64.8 Å². The highest BCUT2D eigenvalue weighted by Gasteiger charge is 2.23. The van der Waals surface area contributed by atoms with Gasteiger partial charge in [0.15, 0.2) is 0 Å². The molecule has 5 rings (SSSR count). The third-order valence-corrected chi connectivity index (χ3v) is 5.82. The van der Waals surface area contributed by atoms with Crippen molar-refractivity contribution >= 4 is 22.8 Å². The quantitative estimate of drug-likeness (QED) is 0.883. The van der Waals surface area contributed by atoms with Crippen LogP contribution in [-0.2, 0) is 13.0 Å². The minimum atomic E-state index is -0.827. The van der Waals surface area contributed by atoms with Crippen molar-refractivity contribution in [3.05, 3.63) is 47.9 Å². The first-order chi connectivity index (χ1) is 13.2. The number of nitrogens with zero attached hydrogens (tertiary/aromatic N) is 5. The Kier molecular flexibility index (Phi) is 3.81. The van der Waals surface area contributed by atoms with E-state index in [0.29, 0.717) is 13.1 Å².